The highest BCUT2D eigenvalue weighted by atomic mass is 35.5. The topological polar surface area (TPSA) is 80.1 Å². The number of aromatic nitrogens is 3. The van der Waals surface area contributed by atoms with E-state index in [1.165, 1.54) is 0 Å². The first kappa shape index (κ1) is 20.3. The molecule has 1 aromatic carbocycles. The molecule has 1 atom stereocenters. The van der Waals surface area contributed by atoms with E-state index in [9.17, 15) is 9.59 Å². The molecule has 1 N–H and O–H groups in total. The molecule has 1 unspecified atom stereocenters. The minimum absolute atomic E-state index is 0.0436. The normalized spacial score (nSPS) is 15.2. The zero-order valence-electron chi connectivity index (χ0n) is 17.1. The van der Waals surface area contributed by atoms with E-state index in [2.05, 4.69) is 15.3 Å². The van der Waals surface area contributed by atoms with Gasteiger partial charge in [-0.25, -0.2) is 9.97 Å². The number of hydrogen-bond acceptors (Lipinski definition) is 4. The van der Waals surface area contributed by atoms with Gasteiger partial charge in [0.15, 0.2) is 5.65 Å². The number of nitrogens with one attached hydrogen (secondary N) is 1. The molecule has 2 amide bonds. The minimum Gasteiger partial charge on any atom is -0.341 e. The summed E-state index contributed by atoms with van der Waals surface area (Å²) in [5, 5.41) is 3.31. The van der Waals surface area contributed by atoms with Crippen molar-refractivity contribution in [1.82, 2.24) is 24.8 Å². The fourth-order valence-electron chi connectivity index (χ4n) is 3.87. The molecule has 7 nitrogen and oxygen atoms in total. The summed E-state index contributed by atoms with van der Waals surface area (Å²) in [6.45, 7) is 5.10. The van der Waals surface area contributed by atoms with Gasteiger partial charge in [0, 0.05) is 24.8 Å². The molecule has 0 spiro atoms. The monoisotopic (exact) mass is 425 g/mol. The lowest BCUT2D eigenvalue weighted by Crippen LogP contribution is -2.48. The average molecular weight is 426 g/mol. The molecular weight excluding hydrogens is 402 g/mol. The van der Waals surface area contributed by atoms with E-state index < -0.39 is 6.04 Å². The number of imidazole rings is 1. The molecule has 1 aliphatic rings. The maximum atomic E-state index is 12.9. The van der Waals surface area contributed by atoms with Crippen LogP contribution in [0.4, 0.5) is 0 Å². The molecule has 156 valence electrons. The number of hydrogen-bond donors (Lipinski definition) is 1. The van der Waals surface area contributed by atoms with Crippen LogP contribution in [-0.2, 0) is 4.79 Å². The van der Waals surface area contributed by atoms with Gasteiger partial charge < -0.3 is 10.2 Å². The molecule has 0 bridgehead atoms. The summed E-state index contributed by atoms with van der Waals surface area (Å²) >= 11 is 6.45. The summed E-state index contributed by atoms with van der Waals surface area (Å²) in [4.78, 5) is 36.2. The Balaban J connectivity index is 1.59. The van der Waals surface area contributed by atoms with E-state index >= 15 is 0 Å². The van der Waals surface area contributed by atoms with E-state index in [-0.39, 0.29) is 11.8 Å². The molecule has 3 aromatic rings. The molecule has 1 aliphatic heterocycles. The van der Waals surface area contributed by atoms with Crippen LogP contribution in [0.5, 0.6) is 0 Å². The zero-order chi connectivity index (χ0) is 21.3. The van der Waals surface area contributed by atoms with Gasteiger partial charge in [-0.15, -0.1) is 0 Å². The van der Waals surface area contributed by atoms with Crippen molar-refractivity contribution in [2.24, 2.45) is 0 Å². The van der Waals surface area contributed by atoms with Gasteiger partial charge in [0.2, 0.25) is 5.91 Å². The number of pyridine rings is 1. The Morgan fingerprint density at radius 3 is 2.70 bits per heavy atom. The first-order valence-corrected chi connectivity index (χ1v) is 10.5. The van der Waals surface area contributed by atoms with Crippen molar-refractivity contribution >= 4 is 34.6 Å². The van der Waals surface area contributed by atoms with Gasteiger partial charge in [0.05, 0.1) is 10.7 Å². The molecule has 30 heavy (non-hydrogen) atoms. The second kappa shape index (κ2) is 8.44. The zero-order valence-corrected chi connectivity index (χ0v) is 17.8. The summed E-state index contributed by atoms with van der Waals surface area (Å²) in [6, 6.07) is 8.15. The van der Waals surface area contributed by atoms with Gasteiger partial charge >= 0.3 is 0 Å². The number of carbonyl (C=O) groups is 2. The lowest BCUT2D eigenvalue weighted by atomic mass is 10.1. The number of rotatable bonds is 4. The predicted molar refractivity (Wildman–Crippen MR) is 116 cm³/mol. The van der Waals surface area contributed by atoms with Crippen LogP contribution in [-0.4, -0.2) is 50.4 Å². The molecule has 8 heteroatoms. The first-order valence-electron chi connectivity index (χ1n) is 10.2. The highest BCUT2D eigenvalue weighted by Crippen LogP contribution is 2.27. The predicted octanol–water partition coefficient (Wildman–Crippen LogP) is 3.51. The molecular formula is C22H24ClN5O2. The summed E-state index contributed by atoms with van der Waals surface area (Å²) in [6.07, 6.45) is 4.87. The highest BCUT2D eigenvalue weighted by molar-refractivity contribution is 6.32. The van der Waals surface area contributed by atoms with Crippen molar-refractivity contribution in [2.45, 2.75) is 39.2 Å². The third-order valence-corrected chi connectivity index (χ3v) is 5.74. The van der Waals surface area contributed by atoms with Crippen LogP contribution in [0.1, 0.15) is 42.4 Å². The van der Waals surface area contributed by atoms with Crippen LogP contribution in [0.25, 0.3) is 16.9 Å². The van der Waals surface area contributed by atoms with Crippen molar-refractivity contribution in [3.05, 3.63) is 52.9 Å². The van der Waals surface area contributed by atoms with Gasteiger partial charge in [-0.2, -0.15) is 0 Å². The van der Waals surface area contributed by atoms with E-state index in [1.807, 2.05) is 28.5 Å². The smallest absolute Gasteiger partial charge is 0.251 e. The Kier molecular flexibility index (Phi) is 5.72. The van der Waals surface area contributed by atoms with E-state index in [1.54, 1.807) is 31.3 Å². The largest absolute Gasteiger partial charge is 0.341 e. The first-order chi connectivity index (χ1) is 14.5. The van der Waals surface area contributed by atoms with Crippen molar-refractivity contribution in [2.75, 3.05) is 13.1 Å². The Morgan fingerprint density at radius 1 is 1.17 bits per heavy atom. The summed E-state index contributed by atoms with van der Waals surface area (Å²) in [5.41, 5.74) is 2.47. The molecule has 0 radical (unpaired) electrons. The molecule has 1 fully saturated rings. The van der Waals surface area contributed by atoms with Crippen molar-refractivity contribution in [1.29, 1.82) is 0 Å². The SMILES string of the molecule is Cc1nc2cccnc2n1-c1cc(C(=O)NC(C)C(=O)N2CCCCC2)ccc1Cl. The number of piperidine rings is 1. The fourth-order valence-corrected chi connectivity index (χ4v) is 4.07. The maximum Gasteiger partial charge on any atom is 0.251 e. The molecule has 0 saturated carbocycles. The van der Waals surface area contributed by atoms with Gasteiger partial charge in [-0.05, 0) is 63.4 Å². The third kappa shape index (κ3) is 3.89. The number of benzene rings is 1. The number of nitrogens with zero attached hydrogens (tertiary/aromatic N) is 4. The van der Waals surface area contributed by atoms with Gasteiger partial charge in [0.25, 0.3) is 5.91 Å². The average Bonchev–Trinajstić information content (AvgIpc) is 3.09. The molecule has 1 saturated heterocycles. The second-order valence-electron chi connectivity index (χ2n) is 7.59. The Hall–Kier alpha value is -2.93. The number of aryl methyl sites for hydroxylation is 1. The van der Waals surface area contributed by atoms with Crippen LogP contribution in [0.15, 0.2) is 36.5 Å². The number of amides is 2. The molecule has 4 rings (SSSR count). The number of carbonyl (C=O) groups excluding carboxylic acids is 2. The van der Waals surface area contributed by atoms with Crippen molar-refractivity contribution in [3.8, 4) is 5.69 Å². The number of halogens is 1. The van der Waals surface area contributed by atoms with E-state index in [0.717, 1.165) is 43.7 Å². The quantitative estimate of drug-likeness (QED) is 0.693. The summed E-state index contributed by atoms with van der Waals surface area (Å²) in [7, 11) is 0. The van der Waals surface area contributed by atoms with Crippen LogP contribution in [0.2, 0.25) is 5.02 Å². The molecule has 3 heterocycles. The second-order valence-corrected chi connectivity index (χ2v) is 8.00. The minimum atomic E-state index is -0.591. The van der Waals surface area contributed by atoms with E-state index in [0.29, 0.717) is 21.9 Å². The number of likely N-dealkylation sites (tertiary alicyclic amines) is 1. The van der Waals surface area contributed by atoms with Crippen molar-refractivity contribution in [3.63, 3.8) is 0 Å². The number of fused-ring (bicyclic) bond motifs is 1. The lowest BCUT2D eigenvalue weighted by Gasteiger charge is -2.29. The molecule has 2 aromatic heterocycles. The highest BCUT2D eigenvalue weighted by Gasteiger charge is 2.24. The van der Waals surface area contributed by atoms with Crippen LogP contribution in [0, 0.1) is 6.92 Å². The Bertz CT molecular complexity index is 1100. The van der Waals surface area contributed by atoms with Gasteiger partial charge in [-0.1, -0.05) is 11.6 Å². The van der Waals surface area contributed by atoms with Crippen LogP contribution >= 0.6 is 11.6 Å². The van der Waals surface area contributed by atoms with Crippen molar-refractivity contribution < 1.29 is 9.59 Å². The summed E-state index contributed by atoms with van der Waals surface area (Å²) < 4.78 is 1.83. The van der Waals surface area contributed by atoms with Crippen LogP contribution < -0.4 is 5.32 Å². The Morgan fingerprint density at radius 2 is 1.93 bits per heavy atom. The summed E-state index contributed by atoms with van der Waals surface area (Å²) in [5.74, 6) is 0.357. The Labute approximate surface area is 180 Å². The fraction of sp³-hybridized carbons (Fsp3) is 0.364. The third-order valence-electron chi connectivity index (χ3n) is 5.42. The molecule has 0 aliphatic carbocycles. The maximum absolute atomic E-state index is 12.9. The standard InChI is InChI=1S/C22H24ClN5O2/c1-14(22(30)27-11-4-3-5-12-27)25-21(29)16-8-9-17(23)19(13-16)28-15(2)26-18-7-6-10-24-20(18)28/h6-10,13-14H,3-5,11-12H2,1-2H3,(H,25,29). The lowest BCUT2D eigenvalue weighted by molar-refractivity contribution is -0.133. The van der Waals surface area contributed by atoms with Gasteiger partial charge in [-0.3, -0.25) is 14.2 Å². The van der Waals surface area contributed by atoms with Crippen LogP contribution in [0.3, 0.4) is 0 Å². The van der Waals surface area contributed by atoms with Gasteiger partial charge in [0.1, 0.15) is 17.4 Å². The van der Waals surface area contributed by atoms with E-state index in [4.69, 9.17) is 11.6 Å².